The summed E-state index contributed by atoms with van der Waals surface area (Å²) in [5.74, 6) is 0. The molecule has 0 aliphatic heterocycles. The van der Waals surface area contributed by atoms with Crippen molar-refractivity contribution in [3.05, 3.63) is 103 Å². The zero-order valence-corrected chi connectivity index (χ0v) is 28.0. The van der Waals surface area contributed by atoms with Crippen molar-refractivity contribution in [1.82, 2.24) is 0 Å². The third-order valence-corrected chi connectivity index (χ3v) is 19.0. The van der Waals surface area contributed by atoms with Gasteiger partial charge >= 0.3 is 211 Å². The first-order chi connectivity index (χ1) is 15.7. The molecule has 2 aliphatic rings. The quantitative estimate of drug-likeness (QED) is 0.319. The van der Waals surface area contributed by atoms with Gasteiger partial charge < -0.3 is 0 Å². The van der Waals surface area contributed by atoms with Gasteiger partial charge in [0, 0.05) is 0 Å². The molecule has 0 amide bonds. The minimum atomic E-state index is -3.28. The van der Waals surface area contributed by atoms with Crippen molar-refractivity contribution in [3.63, 3.8) is 0 Å². The molecule has 0 spiro atoms. The third-order valence-electron chi connectivity index (χ3n) is 8.05. The SMILES string of the molecule is CC(C)(C)C1=CC(c2ccccc2)=[C]([Ti]([CH3])([CH3])(=[SiH2])[C]2=C(c3ccccc3)C=C(C(C)(C)C)C2)C1.Cl.Cl. The van der Waals surface area contributed by atoms with Crippen LogP contribution in [0.25, 0.3) is 11.1 Å². The molecule has 0 unspecified atom stereocenters. The Morgan fingerprint density at radius 1 is 0.583 bits per heavy atom. The van der Waals surface area contributed by atoms with E-state index in [1.165, 1.54) is 22.3 Å². The van der Waals surface area contributed by atoms with E-state index in [0.717, 1.165) is 12.8 Å². The Morgan fingerprint density at radius 2 is 0.889 bits per heavy atom. The van der Waals surface area contributed by atoms with Crippen molar-refractivity contribution in [1.29, 1.82) is 0 Å². The van der Waals surface area contributed by atoms with Crippen LogP contribution in [0.1, 0.15) is 65.5 Å². The normalized spacial score (nSPS) is 16.9. The van der Waals surface area contributed by atoms with Crippen molar-refractivity contribution < 1.29 is 14.0 Å². The molecule has 194 valence electrons. The van der Waals surface area contributed by atoms with E-state index in [2.05, 4.69) is 132 Å². The molecular weight excluding hydrogens is 531 g/mol. The molecule has 0 radical (unpaired) electrons. The zero-order valence-electron chi connectivity index (χ0n) is 23.4. The number of benzene rings is 2. The maximum absolute atomic E-state index is 3.28. The van der Waals surface area contributed by atoms with Gasteiger partial charge in [0.25, 0.3) is 0 Å². The van der Waals surface area contributed by atoms with Gasteiger partial charge in [0.2, 0.25) is 0 Å². The van der Waals surface area contributed by atoms with E-state index in [-0.39, 0.29) is 35.6 Å². The Balaban J connectivity index is 0.00000228. The monoisotopic (exact) mass is 574 g/mol. The summed E-state index contributed by atoms with van der Waals surface area (Å²) in [5, 5.41) is 5.37. The van der Waals surface area contributed by atoms with Gasteiger partial charge in [-0.2, -0.15) is 0 Å². The molecule has 0 atom stereocenters. The Hall–Kier alpha value is -1.09. The van der Waals surface area contributed by atoms with Gasteiger partial charge in [-0.15, -0.1) is 24.8 Å². The maximum atomic E-state index is 2.69. The van der Waals surface area contributed by atoms with Crippen molar-refractivity contribution in [2.45, 2.75) is 64.8 Å². The van der Waals surface area contributed by atoms with Gasteiger partial charge in [-0.05, 0) is 0 Å². The number of rotatable bonds is 4. The van der Waals surface area contributed by atoms with Crippen molar-refractivity contribution in [3.8, 4) is 0 Å². The van der Waals surface area contributed by atoms with Crippen molar-refractivity contribution >= 4 is 43.6 Å². The fourth-order valence-electron chi connectivity index (χ4n) is 5.52. The van der Waals surface area contributed by atoms with Gasteiger partial charge in [0.1, 0.15) is 0 Å². The summed E-state index contributed by atoms with van der Waals surface area (Å²) in [7, 11) is 2.39. The van der Waals surface area contributed by atoms with Crippen LogP contribution in [0.5, 0.6) is 0 Å². The molecule has 0 N–H and O–H groups in total. The van der Waals surface area contributed by atoms with Crippen molar-refractivity contribution in [2.24, 2.45) is 10.8 Å². The van der Waals surface area contributed by atoms with E-state index in [0.29, 0.717) is 0 Å². The largest absolute Gasteiger partial charge is 0.147 e. The van der Waals surface area contributed by atoms with Crippen LogP contribution in [0.2, 0.25) is 10.5 Å². The molecule has 0 bridgehead atoms. The number of allylic oxidation sites excluding steroid dienone is 8. The summed E-state index contributed by atoms with van der Waals surface area (Å²) in [6.07, 6.45) is 7.34. The molecule has 36 heavy (non-hydrogen) atoms. The molecule has 4 rings (SSSR count). The molecular formula is C32H44Cl2SiTi. The Labute approximate surface area is 234 Å². The maximum Gasteiger partial charge on any atom is -0.147 e. The first kappa shape index (κ1) is 31.1. The van der Waals surface area contributed by atoms with E-state index in [4.69, 9.17) is 0 Å². The summed E-state index contributed by atoms with van der Waals surface area (Å²) in [6, 6.07) is 22.3. The van der Waals surface area contributed by atoms with Crippen LogP contribution in [0.4, 0.5) is 0 Å². The Bertz CT molecular complexity index is 1210. The van der Waals surface area contributed by atoms with Crippen LogP contribution in [-0.2, 0) is 14.0 Å². The fraction of sp³-hybridized carbons (Fsp3) is 0.375. The van der Waals surface area contributed by atoms with Gasteiger partial charge in [0.05, 0.1) is 0 Å². The minimum Gasteiger partial charge on any atom is -0.147 e. The summed E-state index contributed by atoms with van der Waals surface area (Å²) in [4.78, 5) is 0. The van der Waals surface area contributed by atoms with Crippen LogP contribution >= 0.6 is 24.8 Å². The topological polar surface area (TPSA) is 0 Å². The average molecular weight is 576 g/mol. The molecule has 0 aromatic heterocycles. The van der Waals surface area contributed by atoms with Crippen molar-refractivity contribution in [2.75, 3.05) is 0 Å². The summed E-state index contributed by atoms with van der Waals surface area (Å²) in [5.41, 5.74) is 9.30. The van der Waals surface area contributed by atoms with Crippen LogP contribution < -0.4 is 0 Å². The Morgan fingerprint density at radius 3 is 1.17 bits per heavy atom. The molecule has 0 saturated heterocycles. The minimum absolute atomic E-state index is 0. The van der Waals surface area contributed by atoms with Crippen LogP contribution in [-0.4, -0.2) is 7.63 Å². The third kappa shape index (κ3) is 5.97. The molecule has 0 saturated carbocycles. The molecule has 0 fully saturated rings. The van der Waals surface area contributed by atoms with Gasteiger partial charge in [-0.25, -0.2) is 0 Å². The Kier molecular flexibility index (Phi) is 9.15. The summed E-state index contributed by atoms with van der Waals surface area (Å²) < 4.78 is 3.50. The van der Waals surface area contributed by atoms with Crippen LogP contribution in [0.15, 0.2) is 91.7 Å². The number of halogens is 2. The number of hydrogen-bond donors (Lipinski definition) is 0. The predicted octanol–water partition coefficient (Wildman–Crippen LogP) is 9.74. The van der Waals surface area contributed by atoms with Crippen LogP contribution in [0, 0.1) is 10.8 Å². The molecule has 2 aromatic carbocycles. The van der Waals surface area contributed by atoms with E-state index < -0.39 is 14.0 Å². The van der Waals surface area contributed by atoms with E-state index in [9.17, 15) is 0 Å². The summed E-state index contributed by atoms with van der Waals surface area (Å²) >= 11 is -3.28. The van der Waals surface area contributed by atoms with Gasteiger partial charge in [0.15, 0.2) is 0 Å². The first-order valence-electron chi connectivity index (χ1n) is 12.7. The molecule has 0 heterocycles. The zero-order chi connectivity index (χ0) is 25.0. The first-order valence-corrected chi connectivity index (χ1v) is 21.4. The van der Waals surface area contributed by atoms with E-state index >= 15 is 0 Å². The molecule has 4 heteroatoms. The van der Waals surface area contributed by atoms with Gasteiger partial charge in [-0.1, -0.05) is 0 Å². The second-order valence-corrected chi connectivity index (χ2v) is 32.4. The molecule has 2 aliphatic carbocycles. The second kappa shape index (κ2) is 10.6. The van der Waals surface area contributed by atoms with Gasteiger partial charge in [-0.3, -0.25) is 0 Å². The second-order valence-electron chi connectivity index (χ2n) is 13.4. The summed E-state index contributed by atoms with van der Waals surface area (Å²) in [6.45, 7) is 14.2. The van der Waals surface area contributed by atoms with Crippen LogP contribution in [0.3, 0.4) is 0 Å². The number of hydrogen-bond acceptors (Lipinski definition) is 0. The molecule has 2 aromatic rings. The predicted molar refractivity (Wildman–Crippen MR) is 166 cm³/mol. The smallest absolute Gasteiger partial charge is 0.147 e. The average Bonchev–Trinajstić information content (AvgIpc) is 3.41. The fourth-order valence-corrected chi connectivity index (χ4v) is 14.4. The van der Waals surface area contributed by atoms with E-state index in [1.54, 1.807) is 18.9 Å². The standard InChI is InChI=1S/2C15H17.2CH3.2ClH.H2Si.Ti/c2*1-15(2,3)14-10-9-13(11-14)12-7-5-4-6-8-12;;;;;;/h2*4-8,11H,10H2,1-3H3;2*1H3;2*1H;1H2;. The molecule has 0 nitrogen and oxygen atoms in total. The van der Waals surface area contributed by atoms with E-state index in [1.807, 2.05) is 0 Å².